The quantitative estimate of drug-likeness (QED) is 0.700. The average molecular weight is 428 g/mol. The molecule has 1 saturated heterocycles. The molecule has 0 saturated carbocycles. The van der Waals surface area contributed by atoms with E-state index in [2.05, 4.69) is 10.6 Å². The minimum Gasteiger partial charge on any atom is -0.384 e. The van der Waals surface area contributed by atoms with Gasteiger partial charge in [0.05, 0.1) is 11.3 Å². The van der Waals surface area contributed by atoms with Gasteiger partial charge in [-0.2, -0.15) is 0 Å². The molecule has 7 nitrogen and oxygen atoms in total. The molecular weight excluding hydrogens is 406 g/mol. The second-order valence-electron chi connectivity index (χ2n) is 7.68. The van der Waals surface area contributed by atoms with E-state index in [9.17, 15) is 19.5 Å². The Balaban J connectivity index is 1.60. The number of nitrogens with one attached hydrogen (secondary N) is 2. The van der Waals surface area contributed by atoms with Crippen LogP contribution in [0.25, 0.3) is 11.1 Å². The molecule has 8 heteroatoms. The lowest BCUT2D eigenvalue weighted by Crippen LogP contribution is -2.55. The Morgan fingerprint density at radius 2 is 1.90 bits per heavy atom. The minimum atomic E-state index is -1.12. The van der Waals surface area contributed by atoms with Gasteiger partial charge in [-0.3, -0.25) is 14.4 Å². The smallest absolute Gasteiger partial charge is 0.256 e. The van der Waals surface area contributed by atoms with Crippen molar-refractivity contribution in [1.29, 1.82) is 0 Å². The minimum absolute atomic E-state index is 0.218. The number of aliphatic hydroxyl groups excluding tert-OH is 1. The summed E-state index contributed by atoms with van der Waals surface area (Å²) in [6.45, 7) is 1.73. The largest absolute Gasteiger partial charge is 0.384 e. The van der Waals surface area contributed by atoms with Crippen LogP contribution in [0, 0.1) is 0 Å². The molecule has 3 atom stereocenters. The molecule has 2 aliphatic rings. The third-order valence-corrected chi connectivity index (χ3v) is 5.83. The number of amides is 3. The van der Waals surface area contributed by atoms with Crippen LogP contribution in [0.3, 0.4) is 0 Å². The van der Waals surface area contributed by atoms with Crippen LogP contribution in [0.5, 0.6) is 0 Å². The number of carbonyl (C=O) groups is 3. The Bertz CT molecular complexity index is 1010. The third kappa shape index (κ3) is 3.91. The van der Waals surface area contributed by atoms with E-state index in [4.69, 9.17) is 11.6 Å². The SMILES string of the molecule is C[C@H](O)C(=O)N[C@H]1CCN2C(=O)c3cc(-c4ccc(Cl)cc4)ccc3NC(=O)[C@@H]2C1. The number of fused-ring (bicyclic) bond motifs is 2. The van der Waals surface area contributed by atoms with E-state index in [1.165, 1.54) is 6.92 Å². The first kappa shape index (κ1) is 20.4. The molecule has 2 aromatic rings. The highest BCUT2D eigenvalue weighted by atomic mass is 35.5. The van der Waals surface area contributed by atoms with E-state index in [1.54, 1.807) is 29.2 Å². The number of hydrogen-bond donors (Lipinski definition) is 3. The number of hydrogen-bond acceptors (Lipinski definition) is 4. The fourth-order valence-corrected chi connectivity index (χ4v) is 4.06. The van der Waals surface area contributed by atoms with E-state index in [0.29, 0.717) is 35.7 Å². The number of benzene rings is 2. The maximum atomic E-state index is 13.3. The molecule has 3 N–H and O–H groups in total. The Morgan fingerprint density at radius 1 is 1.20 bits per heavy atom. The van der Waals surface area contributed by atoms with Crippen LogP contribution < -0.4 is 10.6 Å². The summed E-state index contributed by atoms with van der Waals surface area (Å²) in [5.41, 5.74) is 2.68. The van der Waals surface area contributed by atoms with Crippen LogP contribution in [0.1, 0.15) is 30.1 Å². The van der Waals surface area contributed by atoms with Gasteiger partial charge in [0.15, 0.2) is 0 Å². The first-order chi connectivity index (χ1) is 14.3. The van der Waals surface area contributed by atoms with Crippen molar-refractivity contribution in [2.24, 2.45) is 0 Å². The van der Waals surface area contributed by atoms with Gasteiger partial charge in [-0.25, -0.2) is 0 Å². The van der Waals surface area contributed by atoms with Crippen LogP contribution in [-0.2, 0) is 9.59 Å². The number of aliphatic hydroxyl groups is 1. The summed E-state index contributed by atoms with van der Waals surface area (Å²) in [5, 5.41) is 15.6. The summed E-state index contributed by atoms with van der Waals surface area (Å²) < 4.78 is 0. The first-order valence-corrected chi connectivity index (χ1v) is 10.2. The van der Waals surface area contributed by atoms with E-state index in [-0.39, 0.29) is 17.9 Å². The van der Waals surface area contributed by atoms with E-state index >= 15 is 0 Å². The fourth-order valence-electron chi connectivity index (χ4n) is 3.93. The number of halogens is 1. The molecule has 0 aliphatic carbocycles. The van der Waals surface area contributed by atoms with Crippen molar-refractivity contribution in [2.45, 2.75) is 38.0 Å². The molecule has 0 bridgehead atoms. The molecule has 2 aromatic carbocycles. The Morgan fingerprint density at radius 3 is 2.60 bits per heavy atom. The summed E-state index contributed by atoms with van der Waals surface area (Å²) in [4.78, 5) is 39.5. The molecule has 2 aliphatic heterocycles. The molecule has 4 rings (SSSR count). The molecule has 0 aromatic heterocycles. The maximum Gasteiger partial charge on any atom is 0.256 e. The van der Waals surface area contributed by atoms with Crippen LogP contribution in [0.4, 0.5) is 5.69 Å². The van der Waals surface area contributed by atoms with Crippen LogP contribution >= 0.6 is 11.6 Å². The van der Waals surface area contributed by atoms with Crippen molar-refractivity contribution in [2.75, 3.05) is 11.9 Å². The average Bonchev–Trinajstić information content (AvgIpc) is 2.83. The van der Waals surface area contributed by atoms with Crippen molar-refractivity contribution in [3.8, 4) is 11.1 Å². The zero-order chi connectivity index (χ0) is 21.4. The second kappa shape index (κ2) is 8.08. The van der Waals surface area contributed by atoms with E-state index < -0.39 is 18.1 Å². The standard InChI is InChI=1S/C22H22ClN3O4/c1-12(27)20(28)24-16-8-9-26-19(11-16)21(29)25-18-7-4-14(10-17(18)22(26)30)13-2-5-15(23)6-3-13/h2-7,10,12,16,19,27H,8-9,11H2,1H3,(H,24,28)(H,25,29)/t12-,16-,19-/m0/s1. The fraction of sp³-hybridized carbons (Fsp3) is 0.318. The predicted molar refractivity (Wildman–Crippen MR) is 113 cm³/mol. The van der Waals surface area contributed by atoms with Crippen molar-refractivity contribution >= 4 is 35.0 Å². The van der Waals surface area contributed by atoms with Gasteiger partial charge in [-0.15, -0.1) is 0 Å². The topological polar surface area (TPSA) is 98.7 Å². The van der Waals surface area contributed by atoms with Crippen LogP contribution in [0.2, 0.25) is 5.02 Å². The zero-order valence-corrected chi connectivity index (χ0v) is 17.1. The maximum absolute atomic E-state index is 13.3. The molecule has 156 valence electrons. The predicted octanol–water partition coefficient (Wildman–Crippen LogP) is 2.43. The summed E-state index contributed by atoms with van der Waals surface area (Å²) in [6, 6.07) is 11.7. The number of rotatable bonds is 3. The van der Waals surface area contributed by atoms with Gasteiger partial charge in [0, 0.05) is 17.6 Å². The molecule has 2 heterocycles. The van der Waals surface area contributed by atoms with Crippen molar-refractivity contribution < 1.29 is 19.5 Å². The van der Waals surface area contributed by atoms with Gasteiger partial charge >= 0.3 is 0 Å². The highest BCUT2D eigenvalue weighted by Crippen LogP contribution is 2.32. The lowest BCUT2D eigenvalue weighted by molar-refractivity contribution is -0.130. The van der Waals surface area contributed by atoms with Crippen molar-refractivity contribution in [1.82, 2.24) is 10.2 Å². The normalized spacial score (nSPS) is 21.8. The van der Waals surface area contributed by atoms with Gasteiger partial charge < -0.3 is 20.6 Å². The Labute approximate surface area is 179 Å². The summed E-state index contributed by atoms with van der Waals surface area (Å²) in [6.07, 6.45) is -0.308. The zero-order valence-electron chi connectivity index (χ0n) is 16.4. The highest BCUT2D eigenvalue weighted by molar-refractivity contribution is 6.30. The molecule has 0 unspecified atom stereocenters. The van der Waals surface area contributed by atoms with Gasteiger partial charge in [-0.05, 0) is 55.2 Å². The molecular formula is C22H22ClN3O4. The van der Waals surface area contributed by atoms with Crippen molar-refractivity contribution in [3.05, 3.63) is 53.1 Å². The number of piperidine rings is 1. The lowest BCUT2D eigenvalue weighted by atomic mass is 9.95. The Hall–Kier alpha value is -2.90. The Kier molecular flexibility index (Phi) is 5.49. The first-order valence-electron chi connectivity index (χ1n) is 9.84. The van der Waals surface area contributed by atoms with E-state index in [0.717, 1.165) is 11.1 Å². The highest BCUT2D eigenvalue weighted by Gasteiger charge is 2.40. The number of nitrogens with zero attached hydrogens (tertiary/aromatic N) is 1. The third-order valence-electron chi connectivity index (χ3n) is 5.58. The molecule has 3 amide bonds. The molecule has 1 fully saturated rings. The number of anilines is 1. The van der Waals surface area contributed by atoms with Crippen LogP contribution in [0.15, 0.2) is 42.5 Å². The lowest BCUT2D eigenvalue weighted by Gasteiger charge is -2.37. The molecule has 30 heavy (non-hydrogen) atoms. The van der Waals surface area contributed by atoms with Gasteiger partial charge in [0.25, 0.3) is 5.91 Å². The van der Waals surface area contributed by atoms with E-state index in [1.807, 2.05) is 18.2 Å². The van der Waals surface area contributed by atoms with Gasteiger partial charge in [-0.1, -0.05) is 29.8 Å². The summed E-state index contributed by atoms with van der Waals surface area (Å²) in [7, 11) is 0. The second-order valence-corrected chi connectivity index (χ2v) is 8.11. The number of carbonyl (C=O) groups excluding carboxylic acids is 3. The van der Waals surface area contributed by atoms with Crippen molar-refractivity contribution in [3.63, 3.8) is 0 Å². The molecule has 0 spiro atoms. The van der Waals surface area contributed by atoms with Gasteiger partial charge in [0.1, 0.15) is 12.1 Å². The van der Waals surface area contributed by atoms with Crippen LogP contribution in [-0.4, -0.2) is 52.5 Å². The molecule has 0 radical (unpaired) electrons. The summed E-state index contributed by atoms with van der Waals surface area (Å²) in [5.74, 6) is -0.980. The monoisotopic (exact) mass is 427 g/mol. The summed E-state index contributed by atoms with van der Waals surface area (Å²) >= 11 is 5.96. The van der Waals surface area contributed by atoms with Gasteiger partial charge in [0.2, 0.25) is 11.8 Å².